The molecule has 0 saturated heterocycles. The van der Waals surface area contributed by atoms with Crippen LogP contribution in [0.4, 0.5) is 0 Å². The molecule has 0 spiro atoms. The lowest BCUT2D eigenvalue weighted by atomic mass is 9.93. The topological polar surface area (TPSA) is 20.7 Å². The summed E-state index contributed by atoms with van der Waals surface area (Å²) < 4.78 is 3.28. The summed E-state index contributed by atoms with van der Waals surface area (Å²) in [5.41, 5.74) is 1.36. The minimum atomic E-state index is 0.624. The average Bonchev–Trinajstić information content (AvgIpc) is 2.81. The maximum atomic E-state index is 5.41. The Kier molecular flexibility index (Phi) is 3.53. The molecule has 3 atom stereocenters. The summed E-state index contributed by atoms with van der Waals surface area (Å²) in [6.45, 7) is 6.89. The van der Waals surface area contributed by atoms with Crippen LogP contribution in [0, 0.1) is 16.6 Å². The van der Waals surface area contributed by atoms with Gasteiger partial charge in [0.2, 0.25) is 0 Å². The van der Waals surface area contributed by atoms with Gasteiger partial charge in [-0.25, -0.2) is 0 Å². The molecule has 90 valence electrons. The Morgan fingerprint density at radius 1 is 1.44 bits per heavy atom. The molecule has 2 nitrogen and oxygen atoms in total. The Morgan fingerprint density at radius 2 is 2.19 bits per heavy atom. The van der Waals surface area contributed by atoms with E-state index in [1.165, 1.54) is 25.0 Å². The van der Waals surface area contributed by atoms with Crippen LogP contribution in [0.1, 0.15) is 51.8 Å². The first-order valence-electron chi connectivity index (χ1n) is 6.47. The van der Waals surface area contributed by atoms with E-state index >= 15 is 0 Å². The highest BCUT2D eigenvalue weighted by Crippen LogP contribution is 2.42. The Balaban J connectivity index is 2.31. The van der Waals surface area contributed by atoms with Gasteiger partial charge in [-0.05, 0) is 43.3 Å². The van der Waals surface area contributed by atoms with Crippen LogP contribution in [0.2, 0.25) is 0 Å². The quantitative estimate of drug-likeness (QED) is 0.786. The Hall–Kier alpha value is -0.570. The number of aromatic amines is 1. The first-order valence-corrected chi connectivity index (χ1v) is 6.88. The van der Waals surface area contributed by atoms with Crippen molar-refractivity contribution in [1.29, 1.82) is 0 Å². The van der Waals surface area contributed by atoms with Crippen molar-refractivity contribution in [3.05, 3.63) is 16.7 Å². The molecule has 2 rings (SSSR count). The molecule has 16 heavy (non-hydrogen) atoms. The van der Waals surface area contributed by atoms with Gasteiger partial charge in [0.25, 0.3) is 0 Å². The third-order valence-corrected chi connectivity index (χ3v) is 4.61. The second-order valence-corrected chi connectivity index (χ2v) is 5.37. The van der Waals surface area contributed by atoms with E-state index in [0.717, 1.165) is 23.0 Å². The van der Waals surface area contributed by atoms with Crippen molar-refractivity contribution in [2.45, 2.75) is 52.5 Å². The summed E-state index contributed by atoms with van der Waals surface area (Å²) in [5.74, 6) is 1.64. The monoisotopic (exact) mass is 238 g/mol. The Labute approximate surface area is 103 Å². The molecule has 1 N–H and O–H groups in total. The molecule has 0 aliphatic heterocycles. The van der Waals surface area contributed by atoms with Gasteiger partial charge in [-0.2, -0.15) is 0 Å². The summed E-state index contributed by atoms with van der Waals surface area (Å²) in [6.07, 6.45) is 7.09. The van der Waals surface area contributed by atoms with E-state index in [2.05, 4.69) is 36.5 Å². The molecule has 1 aromatic rings. The van der Waals surface area contributed by atoms with Gasteiger partial charge in [-0.1, -0.05) is 27.2 Å². The van der Waals surface area contributed by atoms with Gasteiger partial charge in [-0.15, -0.1) is 0 Å². The number of aromatic nitrogens is 2. The predicted octanol–water partition coefficient (Wildman–Crippen LogP) is 4.11. The SMILES string of the molecule is CCc1c[nH]c(=S)n1C1CCC(CC)C1C. The van der Waals surface area contributed by atoms with Crippen molar-refractivity contribution in [3.63, 3.8) is 0 Å². The van der Waals surface area contributed by atoms with E-state index < -0.39 is 0 Å². The van der Waals surface area contributed by atoms with Crippen molar-refractivity contribution in [2.24, 2.45) is 11.8 Å². The fourth-order valence-electron chi connectivity index (χ4n) is 3.22. The molecule has 1 heterocycles. The average molecular weight is 238 g/mol. The number of nitrogens with one attached hydrogen (secondary N) is 1. The number of nitrogens with zero attached hydrogens (tertiary/aromatic N) is 1. The van der Waals surface area contributed by atoms with Crippen LogP contribution in [-0.4, -0.2) is 9.55 Å². The van der Waals surface area contributed by atoms with E-state index in [4.69, 9.17) is 12.2 Å². The van der Waals surface area contributed by atoms with Crippen LogP contribution in [-0.2, 0) is 6.42 Å². The van der Waals surface area contributed by atoms with E-state index in [9.17, 15) is 0 Å². The van der Waals surface area contributed by atoms with Crippen molar-refractivity contribution < 1.29 is 0 Å². The molecule has 0 amide bonds. The molecule has 3 heteroatoms. The van der Waals surface area contributed by atoms with E-state index in [-0.39, 0.29) is 0 Å². The molecule has 1 aromatic heterocycles. The number of hydrogen-bond acceptors (Lipinski definition) is 1. The minimum Gasteiger partial charge on any atom is -0.337 e. The lowest BCUT2D eigenvalue weighted by Crippen LogP contribution is -2.17. The van der Waals surface area contributed by atoms with Crippen LogP contribution in [0.15, 0.2) is 6.20 Å². The van der Waals surface area contributed by atoms with Gasteiger partial charge >= 0.3 is 0 Å². The van der Waals surface area contributed by atoms with Crippen molar-refractivity contribution in [2.75, 3.05) is 0 Å². The van der Waals surface area contributed by atoms with Crippen LogP contribution in [0.25, 0.3) is 0 Å². The summed E-state index contributed by atoms with van der Waals surface area (Å²) >= 11 is 5.41. The van der Waals surface area contributed by atoms with Gasteiger partial charge in [0.15, 0.2) is 4.77 Å². The highest BCUT2D eigenvalue weighted by Gasteiger charge is 2.33. The fourth-order valence-corrected chi connectivity index (χ4v) is 3.53. The molecule has 1 aliphatic carbocycles. The molecule has 0 bridgehead atoms. The first kappa shape index (κ1) is 11.9. The number of rotatable bonds is 3. The summed E-state index contributed by atoms with van der Waals surface area (Å²) in [5, 5.41) is 0. The molecular weight excluding hydrogens is 216 g/mol. The third-order valence-electron chi connectivity index (χ3n) is 4.29. The van der Waals surface area contributed by atoms with Crippen LogP contribution in [0.3, 0.4) is 0 Å². The molecule has 0 radical (unpaired) electrons. The van der Waals surface area contributed by atoms with Gasteiger partial charge in [0.05, 0.1) is 0 Å². The molecule has 0 aromatic carbocycles. The smallest absolute Gasteiger partial charge is 0.177 e. The number of imidazole rings is 1. The van der Waals surface area contributed by atoms with Crippen LogP contribution >= 0.6 is 12.2 Å². The standard InChI is InChI=1S/C13H22N2S/c1-4-10-6-7-12(9(10)3)15-11(5-2)8-14-13(15)16/h8-10,12H,4-7H2,1-3H3,(H,14,16). The number of hydrogen-bond donors (Lipinski definition) is 1. The summed E-state index contributed by atoms with van der Waals surface area (Å²) in [6, 6.07) is 0.624. The van der Waals surface area contributed by atoms with E-state index in [0.29, 0.717) is 6.04 Å². The molecule has 1 fully saturated rings. The zero-order chi connectivity index (χ0) is 11.7. The highest BCUT2D eigenvalue weighted by molar-refractivity contribution is 7.71. The Morgan fingerprint density at radius 3 is 2.75 bits per heavy atom. The van der Waals surface area contributed by atoms with Crippen molar-refractivity contribution >= 4 is 12.2 Å². The highest BCUT2D eigenvalue weighted by atomic mass is 32.1. The van der Waals surface area contributed by atoms with Gasteiger partial charge < -0.3 is 9.55 Å². The zero-order valence-corrected chi connectivity index (χ0v) is 11.3. The maximum absolute atomic E-state index is 5.41. The van der Waals surface area contributed by atoms with Crippen LogP contribution in [0.5, 0.6) is 0 Å². The van der Waals surface area contributed by atoms with Crippen molar-refractivity contribution in [3.8, 4) is 0 Å². The van der Waals surface area contributed by atoms with Crippen LogP contribution < -0.4 is 0 Å². The molecule has 1 saturated carbocycles. The summed E-state index contributed by atoms with van der Waals surface area (Å²) in [7, 11) is 0. The zero-order valence-electron chi connectivity index (χ0n) is 10.5. The normalized spacial score (nSPS) is 29.8. The summed E-state index contributed by atoms with van der Waals surface area (Å²) in [4.78, 5) is 3.20. The number of aryl methyl sites for hydroxylation is 1. The van der Waals surface area contributed by atoms with Gasteiger partial charge in [0.1, 0.15) is 0 Å². The Bertz CT molecular complexity index is 404. The van der Waals surface area contributed by atoms with Gasteiger partial charge in [-0.3, -0.25) is 0 Å². The molecule has 3 unspecified atom stereocenters. The number of H-pyrrole nitrogens is 1. The lowest BCUT2D eigenvalue weighted by Gasteiger charge is -2.22. The largest absolute Gasteiger partial charge is 0.337 e. The minimum absolute atomic E-state index is 0.624. The third kappa shape index (κ3) is 1.86. The maximum Gasteiger partial charge on any atom is 0.177 e. The van der Waals surface area contributed by atoms with E-state index in [1.807, 2.05) is 0 Å². The van der Waals surface area contributed by atoms with Crippen molar-refractivity contribution in [1.82, 2.24) is 9.55 Å². The second kappa shape index (κ2) is 4.74. The lowest BCUT2D eigenvalue weighted by molar-refractivity contribution is 0.323. The second-order valence-electron chi connectivity index (χ2n) is 4.98. The first-order chi connectivity index (χ1) is 7.69. The predicted molar refractivity (Wildman–Crippen MR) is 70.2 cm³/mol. The molecule has 1 aliphatic rings. The fraction of sp³-hybridized carbons (Fsp3) is 0.769. The van der Waals surface area contributed by atoms with E-state index in [1.54, 1.807) is 0 Å². The molecular formula is C13H22N2S. The van der Waals surface area contributed by atoms with Gasteiger partial charge in [0, 0.05) is 17.9 Å².